The number of carbonyl (C=O) groups excluding carboxylic acids is 1. The van der Waals surface area contributed by atoms with Gasteiger partial charge in [0.1, 0.15) is 5.75 Å². The van der Waals surface area contributed by atoms with Crippen LogP contribution in [0, 0.1) is 5.92 Å². The Morgan fingerprint density at radius 2 is 1.84 bits per heavy atom. The van der Waals surface area contributed by atoms with E-state index in [1.54, 1.807) is 7.11 Å². The minimum atomic E-state index is -0.657. The molecule has 31 heavy (non-hydrogen) atoms. The fraction of sp³-hybridized carbons (Fsp3) is 0.625. The van der Waals surface area contributed by atoms with E-state index in [4.69, 9.17) is 4.74 Å². The van der Waals surface area contributed by atoms with Gasteiger partial charge in [-0.2, -0.15) is 0 Å². The second kappa shape index (κ2) is 8.61. The summed E-state index contributed by atoms with van der Waals surface area (Å²) in [5.74, 6) is 1.59. The maximum absolute atomic E-state index is 13.5. The summed E-state index contributed by atoms with van der Waals surface area (Å²) in [5, 5.41) is 19.7. The van der Waals surface area contributed by atoms with Crippen molar-refractivity contribution in [1.82, 2.24) is 19.9 Å². The van der Waals surface area contributed by atoms with Crippen molar-refractivity contribution < 1.29 is 14.6 Å². The second-order valence-corrected chi connectivity index (χ2v) is 9.38. The van der Waals surface area contributed by atoms with E-state index < -0.39 is 6.10 Å². The lowest BCUT2D eigenvalue weighted by Crippen LogP contribution is -2.51. The Bertz CT molecular complexity index is 902. The molecule has 2 aromatic rings. The van der Waals surface area contributed by atoms with Gasteiger partial charge in [-0.3, -0.25) is 4.79 Å². The van der Waals surface area contributed by atoms with Crippen molar-refractivity contribution in [2.75, 3.05) is 13.7 Å². The lowest BCUT2D eigenvalue weighted by molar-refractivity contribution is -0.145. The number of aliphatic hydroxyl groups is 1. The molecule has 1 saturated heterocycles. The topological polar surface area (TPSA) is 80.5 Å². The van der Waals surface area contributed by atoms with Crippen molar-refractivity contribution in [2.24, 2.45) is 5.92 Å². The fourth-order valence-corrected chi connectivity index (χ4v) is 5.24. The predicted octanol–water partition coefficient (Wildman–Crippen LogP) is 3.62. The minimum absolute atomic E-state index is 0.0751. The Balaban J connectivity index is 1.42. The summed E-state index contributed by atoms with van der Waals surface area (Å²) in [6.45, 7) is 0.329. The first-order valence-corrected chi connectivity index (χ1v) is 11.7. The van der Waals surface area contributed by atoms with Gasteiger partial charge >= 0.3 is 0 Å². The number of aliphatic hydroxyl groups excluding tert-OH is 1. The molecule has 2 aliphatic carbocycles. The Hall–Kier alpha value is -2.41. The summed E-state index contributed by atoms with van der Waals surface area (Å²) in [7, 11) is 1.66. The van der Waals surface area contributed by atoms with Gasteiger partial charge in [0, 0.05) is 24.6 Å². The van der Waals surface area contributed by atoms with Crippen molar-refractivity contribution >= 4 is 5.91 Å². The van der Waals surface area contributed by atoms with Crippen molar-refractivity contribution in [3.05, 3.63) is 41.7 Å². The Labute approximate surface area is 183 Å². The predicted molar refractivity (Wildman–Crippen MR) is 116 cm³/mol. The molecule has 3 atom stereocenters. The van der Waals surface area contributed by atoms with Crippen LogP contribution < -0.4 is 4.74 Å². The molecule has 5 rings (SSSR count). The molecule has 3 fully saturated rings. The van der Waals surface area contributed by atoms with Crippen LogP contribution in [0.2, 0.25) is 0 Å². The molecule has 1 aliphatic heterocycles. The quantitative estimate of drug-likeness (QED) is 0.793. The average Bonchev–Trinajstić information content (AvgIpc) is 3.56. The van der Waals surface area contributed by atoms with Crippen molar-refractivity contribution in [3.63, 3.8) is 0 Å². The van der Waals surface area contributed by atoms with E-state index in [9.17, 15) is 9.90 Å². The van der Waals surface area contributed by atoms with Gasteiger partial charge in [-0.05, 0) is 49.8 Å². The number of nitrogens with zero attached hydrogens (tertiary/aromatic N) is 4. The van der Waals surface area contributed by atoms with Gasteiger partial charge in [0.05, 0.1) is 31.0 Å². The summed E-state index contributed by atoms with van der Waals surface area (Å²) in [5.41, 5.74) is 2.10. The monoisotopic (exact) mass is 424 g/mol. The molecule has 2 saturated carbocycles. The molecule has 1 aromatic carbocycles. The number of aromatic nitrogens is 3. The van der Waals surface area contributed by atoms with E-state index in [0.717, 1.165) is 42.7 Å². The number of rotatable bonds is 5. The summed E-state index contributed by atoms with van der Waals surface area (Å²) in [6.07, 6.45) is 9.66. The van der Waals surface area contributed by atoms with E-state index in [2.05, 4.69) is 10.3 Å². The number of hydrogen-bond donors (Lipinski definition) is 1. The highest BCUT2D eigenvalue weighted by atomic mass is 16.5. The van der Waals surface area contributed by atoms with Crippen LogP contribution in [0.5, 0.6) is 5.75 Å². The molecule has 1 N–H and O–H groups in total. The zero-order chi connectivity index (χ0) is 21.4. The van der Waals surface area contributed by atoms with Crippen LogP contribution in [0.4, 0.5) is 0 Å². The Morgan fingerprint density at radius 3 is 2.52 bits per heavy atom. The third kappa shape index (κ3) is 4.20. The maximum Gasteiger partial charge on any atom is 0.226 e. The number of likely N-dealkylation sites (tertiary alicyclic amines) is 1. The highest BCUT2D eigenvalue weighted by Gasteiger charge is 2.41. The number of piperidine rings is 1. The number of carbonyl (C=O) groups is 1. The van der Waals surface area contributed by atoms with Gasteiger partial charge in [-0.1, -0.05) is 36.6 Å². The SMILES string of the molecule is COc1ccc([C@H]2C[C@H](n3cc(C4CC4)nn3)[C@@H](O)CN2C(=O)C2CCCCC2)cc1. The molecule has 0 bridgehead atoms. The molecule has 0 unspecified atom stereocenters. The fourth-order valence-electron chi connectivity index (χ4n) is 5.24. The Kier molecular flexibility index (Phi) is 5.69. The molecule has 2 heterocycles. The van der Waals surface area contributed by atoms with Crippen molar-refractivity contribution in [3.8, 4) is 5.75 Å². The number of benzene rings is 1. The third-order valence-corrected chi connectivity index (χ3v) is 7.27. The van der Waals surface area contributed by atoms with E-state index >= 15 is 0 Å². The van der Waals surface area contributed by atoms with E-state index in [1.165, 1.54) is 19.3 Å². The molecule has 166 valence electrons. The minimum Gasteiger partial charge on any atom is -0.497 e. The zero-order valence-corrected chi connectivity index (χ0v) is 18.2. The normalized spacial score (nSPS) is 27.3. The van der Waals surface area contributed by atoms with Gasteiger partial charge in [-0.15, -0.1) is 5.10 Å². The summed E-state index contributed by atoms with van der Waals surface area (Å²) in [6, 6.07) is 7.68. The van der Waals surface area contributed by atoms with E-state index in [1.807, 2.05) is 40.0 Å². The molecule has 7 nitrogen and oxygen atoms in total. The summed E-state index contributed by atoms with van der Waals surface area (Å²) in [4.78, 5) is 15.4. The van der Waals surface area contributed by atoms with Crippen LogP contribution in [0.25, 0.3) is 0 Å². The van der Waals surface area contributed by atoms with Crippen LogP contribution in [-0.2, 0) is 4.79 Å². The number of β-amino-alcohol motifs (C(OH)–C–C–N with tert-alkyl or cyclic N) is 1. The van der Waals surface area contributed by atoms with Gasteiger partial charge in [0.15, 0.2) is 0 Å². The molecule has 0 radical (unpaired) electrons. The molecule has 3 aliphatic rings. The lowest BCUT2D eigenvalue weighted by Gasteiger charge is -2.44. The molecule has 7 heteroatoms. The van der Waals surface area contributed by atoms with Gasteiger partial charge < -0.3 is 14.7 Å². The first-order chi connectivity index (χ1) is 15.1. The van der Waals surface area contributed by atoms with Crippen LogP contribution in [0.15, 0.2) is 30.5 Å². The summed E-state index contributed by atoms with van der Waals surface area (Å²) >= 11 is 0. The highest BCUT2D eigenvalue weighted by Crippen LogP contribution is 2.42. The highest BCUT2D eigenvalue weighted by molar-refractivity contribution is 5.79. The van der Waals surface area contributed by atoms with Crippen molar-refractivity contribution in [1.29, 1.82) is 0 Å². The summed E-state index contributed by atoms with van der Waals surface area (Å²) < 4.78 is 7.15. The van der Waals surface area contributed by atoms with Gasteiger partial charge in [-0.25, -0.2) is 4.68 Å². The lowest BCUT2D eigenvalue weighted by atomic mass is 9.84. The maximum atomic E-state index is 13.5. The van der Waals surface area contributed by atoms with Crippen LogP contribution >= 0.6 is 0 Å². The number of methoxy groups -OCH3 is 1. The van der Waals surface area contributed by atoms with Gasteiger partial charge in [0.25, 0.3) is 0 Å². The van der Waals surface area contributed by atoms with Crippen LogP contribution in [-0.4, -0.2) is 50.7 Å². The molecule has 1 amide bonds. The van der Waals surface area contributed by atoms with Crippen LogP contribution in [0.3, 0.4) is 0 Å². The Morgan fingerprint density at radius 1 is 1.10 bits per heavy atom. The first kappa shape index (κ1) is 20.5. The number of amides is 1. The number of hydrogen-bond acceptors (Lipinski definition) is 5. The van der Waals surface area contributed by atoms with Gasteiger partial charge in [0.2, 0.25) is 5.91 Å². The molecule has 1 aromatic heterocycles. The second-order valence-electron chi connectivity index (χ2n) is 9.38. The van der Waals surface area contributed by atoms with E-state index in [0.29, 0.717) is 18.9 Å². The number of ether oxygens (including phenoxy) is 1. The van der Waals surface area contributed by atoms with Crippen LogP contribution in [0.1, 0.15) is 80.6 Å². The molecular weight excluding hydrogens is 392 g/mol. The molecule has 0 spiro atoms. The van der Waals surface area contributed by atoms with E-state index in [-0.39, 0.29) is 23.9 Å². The standard InChI is InChI=1S/C24H32N4O3/c1-31-19-11-9-17(10-12-19)21-13-22(28-14-20(25-26-28)16-7-8-16)23(29)15-27(21)24(30)18-5-3-2-4-6-18/h9-12,14,16,18,21-23,29H,2-8,13,15H2,1H3/t21-,22+,23+/m1/s1. The first-order valence-electron chi connectivity index (χ1n) is 11.7. The third-order valence-electron chi connectivity index (χ3n) is 7.27. The molecular formula is C24H32N4O3. The average molecular weight is 425 g/mol. The smallest absolute Gasteiger partial charge is 0.226 e. The zero-order valence-electron chi connectivity index (χ0n) is 18.2. The van der Waals surface area contributed by atoms with Crippen molar-refractivity contribution in [2.45, 2.75) is 75.5 Å². The largest absolute Gasteiger partial charge is 0.497 e.